The topological polar surface area (TPSA) is 69.7 Å². The van der Waals surface area contributed by atoms with E-state index in [-0.39, 0.29) is 22.8 Å². The molecule has 2 saturated heterocycles. The standard InChI is InChI=1S/C23H30ClN3O3S/c1-15(2)26-10-8-20(9-11-26)27-14-16(3)22(23(27)28)25-31(29,30)21-7-5-17-12-19(24)6-4-18(17)13-21/h4-7,12-13,15-16,20,22,25H,8-11,14H2,1-3H3/t16-,22+/m1/s1. The van der Waals surface area contributed by atoms with Gasteiger partial charge in [-0.3, -0.25) is 4.79 Å². The number of carbonyl (C=O) groups is 1. The first-order valence-electron chi connectivity index (χ1n) is 10.9. The van der Waals surface area contributed by atoms with Crippen LogP contribution in [0.1, 0.15) is 33.6 Å². The van der Waals surface area contributed by atoms with Crippen LogP contribution in [0.2, 0.25) is 5.02 Å². The lowest BCUT2D eigenvalue weighted by molar-refractivity contribution is -0.132. The van der Waals surface area contributed by atoms with Crippen LogP contribution in [0.25, 0.3) is 10.8 Å². The van der Waals surface area contributed by atoms with Crippen LogP contribution in [-0.2, 0) is 14.8 Å². The maximum absolute atomic E-state index is 13.2. The van der Waals surface area contributed by atoms with E-state index in [2.05, 4.69) is 23.5 Å². The highest BCUT2D eigenvalue weighted by molar-refractivity contribution is 7.89. The van der Waals surface area contributed by atoms with Gasteiger partial charge in [-0.05, 0) is 67.6 Å². The Bertz CT molecular complexity index is 1080. The zero-order valence-electron chi connectivity index (χ0n) is 18.2. The normalized spacial score (nSPS) is 23.9. The lowest BCUT2D eigenvalue weighted by Crippen LogP contribution is -2.49. The van der Waals surface area contributed by atoms with Crippen LogP contribution in [0.4, 0.5) is 0 Å². The highest BCUT2D eigenvalue weighted by atomic mass is 35.5. The molecule has 0 saturated carbocycles. The third-order valence-electron chi connectivity index (χ3n) is 6.64. The number of hydrogen-bond donors (Lipinski definition) is 1. The smallest absolute Gasteiger partial charge is 0.241 e. The Morgan fingerprint density at radius 3 is 2.39 bits per heavy atom. The van der Waals surface area contributed by atoms with E-state index in [1.807, 2.05) is 11.8 Å². The van der Waals surface area contributed by atoms with Gasteiger partial charge in [0.25, 0.3) is 0 Å². The van der Waals surface area contributed by atoms with Gasteiger partial charge in [0.2, 0.25) is 15.9 Å². The van der Waals surface area contributed by atoms with Crippen molar-refractivity contribution in [2.75, 3.05) is 19.6 Å². The summed E-state index contributed by atoms with van der Waals surface area (Å²) in [6.07, 6.45) is 1.87. The van der Waals surface area contributed by atoms with Gasteiger partial charge in [-0.2, -0.15) is 4.72 Å². The van der Waals surface area contributed by atoms with Gasteiger partial charge in [-0.25, -0.2) is 8.42 Å². The number of rotatable bonds is 5. The summed E-state index contributed by atoms with van der Waals surface area (Å²) in [6.45, 7) is 8.85. The Morgan fingerprint density at radius 2 is 1.71 bits per heavy atom. The van der Waals surface area contributed by atoms with Crippen molar-refractivity contribution in [2.24, 2.45) is 5.92 Å². The van der Waals surface area contributed by atoms with Crippen molar-refractivity contribution in [3.63, 3.8) is 0 Å². The average Bonchev–Trinajstić information content (AvgIpc) is 3.01. The molecule has 0 radical (unpaired) electrons. The highest BCUT2D eigenvalue weighted by Crippen LogP contribution is 2.28. The SMILES string of the molecule is CC(C)N1CCC(N2C[C@@H](C)[C@H](NS(=O)(=O)c3ccc4cc(Cl)ccc4c3)C2=O)CC1. The van der Waals surface area contributed by atoms with E-state index >= 15 is 0 Å². The first kappa shape index (κ1) is 22.5. The molecule has 0 unspecified atom stereocenters. The molecule has 2 aromatic carbocycles. The molecule has 6 nitrogen and oxygen atoms in total. The third kappa shape index (κ3) is 4.60. The second-order valence-corrected chi connectivity index (χ2v) is 11.2. The van der Waals surface area contributed by atoms with Crippen molar-refractivity contribution in [1.82, 2.24) is 14.5 Å². The quantitative estimate of drug-likeness (QED) is 0.736. The molecular weight excluding hydrogens is 434 g/mol. The van der Waals surface area contributed by atoms with Gasteiger partial charge in [-0.1, -0.05) is 30.7 Å². The number of fused-ring (bicyclic) bond motifs is 1. The zero-order valence-corrected chi connectivity index (χ0v) is 19.8. The van der Waals surface area contributed by atoms with Crippen molar-refractivity contribution in [1.29, 1.82) is 0 Å². The minimum Gasteiger partial charge on any atom is -0.338 e. The van der Waals surface area contributed by atoms with Crippen LogP contribution in [0.3, 0.4) is 0 Å². The van der Waals surface area contributed by atoms with E-state index in [9.17, 15) is 13.2 Å². The lowest BCUT2D eigenvalue weighted by atomic mass is 10.0. The molecule has 31 heavy (non-hydrogen) atoms. The number of likely N-dealkylation sites (tertiary alicyclic amines) is 2. The molecular formula is C23H30ClN3O3S. The number of halogens is 1. The van der Waals surface area contributed by atoms with Gasteiger partial charge in [-0.15, -0.1) is 0 Å². The van der Waals surface area contributed by atoms with Crippen molar-refractivity contribution in [2.45, 2.75) is 56.6 Å². The number of amides is 1. The molecule has 1 N–H and O–H groups in total. The minimum atomic E-state index is -3.82. The fraction of sp³-hybridized carbons (Fsp3) is 0.522. The fourth-order valence-electron chi connectivity index (χ4n) is 4.73. The number of sulfonamides is 1. The Kier molecular flexibility index (Phi) is 6.32. The number of piperidine rings is 1. The number of carbonyl (C=O) groups excluding carboxylic acids is 1. The Balaban J connectivity index is 1.48. The maximum Gasteiger partial charge on any atom is 0.241 e. The molecule has 0 aromatic heterocycles. The summed E-state index contributed by atoms with van der Waals surface area (Å²) in [4.78, 5) is 17.6. The summed E-state index contributed by atoms with van der Waals surface area (Å²) in [7, 11) is -3.82. The molecule has 2 aromatic rings. The van der Waals surface area contributed by atoms with E-state index < -0.39 is 16.1 Å². The summed E-state index contributed by atoms with van der Waals surface area (Å²) >= 11 is 6.02. The van der Waals surface area contributed by atoms with E-state index in [0.29, 0.717) is 17.6 Å². The zero-order chi connectivity index (χ0) is 22.3. The Morgan fingerprint density at radius 1 is 1.06 bits per heavy atom. The highest BCUT2D eigenvalue weighted by Gasteiger charge is 2.43. The third-order valence-corrected chi connectivity index (χ3v) is 8.31. The van der Waals surface area contributed by atoms with Gasteiger partial charge in [0.15, 0.2) is 0 Å². The lowest BCUT2D eigenvalue weighted by Gasteiger charge is -2.38. The average molecular weight is 464 g/mol. The molecule has 0 aliphatic carbocycles. The van der Waals surface area contributed by atoms with E-state index in [1.54, 1.807) is 36.4 Å². The second kappa shape index (κ2) is 8.70. The summed E-state index contributed by atoms with van der Waals surface area (Å²) in [5, 5.41) is 2.26. The van der Waals surface area contributed by atoms with Crippen LogP contribution in [0.15, 0.2) is 41.3 Å². The minimum absolute atomic E-state index is 0.0790. The molecule has 2 fully saturated rings. The summed E-state index contributed by atoms with van der Waals surface area (Å²) in [5.41, 5.74) is 0. The van der Waals surface area contributed by atoms with Gasteiger partial charge >= 0.3 is 0 Å². The van der Waals surface area contributed by atoms with Crippen LogP contribution in [0.5, 0.6) is 0 Å². The molecule has 2 heterocycles. The molecule has 168 valence electrons. The Hall–Kier alpha value is -1.67. The largest absolute Gasteiger partial charge is 0.338 e. The number of hydrogen-bond acceptors (Lipinski definition) is 4. The number of nitrogens with one attached hydrogen (secondary N) is 1. The monoisotopic (exact) mass is 463 g/mol. The van der Waals surface area contributed by atoms with E-state index in [1.165, 1.54) is 0 Å². The second-order valence-electron chi connectivity index (χ2n) is 9.08. The van der Waals surface area contributed by atoms with Crippen LogP contribution >= 0.6 is 11.6 Å². The van der Waals surface area contributed by atoms with Gasteiger partial charge in [0, 0.05) is 36.7 Å². The van der Waals surface area contributed by atoms with Crippen LogP contribution in [0, 0.1) is 5.92 Å². The van der Waals surface area contributed by atoms with Crippen molar-refractivity contribution in [3.8, 4) is 0 Å². The molecule has 8 heteroatoms. The van der Waals surface area contributed by atoms with Crippen LogP contribution in [-0.4, -0.2) is 61.9 Å². The fourth-order valence-corrected chi connectivity index (χ4v) is 6.25. The Labute approximate surface area is 189 Å². The molecule has 4 rings (SSSR count). The molecule has 2 aliphatic heterocycles. The maximum atomic E-state index is 13.2. The number of nitrogens with zero attached hydrogens (tertiary/aromatic N) is 2. The number of benzene rings is 2. The van der Waals surface area contributed by atoms with Gasteiger partial charge in [0.05, 0.1) is 4.90 Å². The molecule has 0 bridgehead atoms. The molecule has 1 amide bonds. The van der Waals surface area contributed by atoms with Gasteiger partial charge < -0.3 is 9.80 Å². The molecule has 2 aliphatic rings. The summed E-state index contributed by atoms with van der Waals surface area (Å²) in [5.74, 6) is -0.184. The van der Waals surface area contributed by atoms with Crippen molar-refractivity contribution < 1.29 is 13.2 Å². The van der Waals surface area contributed by atoms with E-state index in [4.69, 9.17) is 11.6 Å². The van der Waals surface area contributed by atoms with E-state index in [0.717, 1.165) is 36.7 Å². The van der Waals surface area contributed by atoms with Crippen molar-refractivity contribution >= 4 is 38.3 Å². The predicted molar refractivity (Wildman–Crippen MR) is 124 cm³/mol. The predicted octanol–water partition coefficient (Wildman–Crippen LogP) is 3.49. The molecule has 0 spiro atoms. The first-order valence-corrected chi connectivity index (χ1v) is 12.8. The van der Waals surface area contributed by atoms with Crippen molar-refractivity contribution in [3.05, 3.63) is 41.4 Å². The summed E-state index contributed by atoms with van der Waals surface area (Å²) < 4.78 is 28.8. The van der Waals surface area contributed by atoms with Crippen LogP contribution < -0.4 is 4.72 Å². The van der Waals surface area contributed by atoms with Gasteiger partial charge in [0.1, 0.15) is 6.04 Å². The summed E-state index contributed by atoms with van der Waals surface area (Å²) in [6, 6.07) is 10.2. The first-order chi connectivity index (χ1) is 14.7. The molecule has 2 atom stereocenters.